The normalized spacial score (nSPS) is 13.4. The second-order valence-corrected chi connectivity index (χ2v) is 4.95. The lowest BCUT2D eigenvalue weighted by atomic mass is 10.1. The molecule has 20 heavy (non-hydrogen) atoms. The van der Waals surface area contributed by atoms with Crippen LogP contribution in [0.5, 0.6) is 0 Å². The van der Waals surface area contributed by atoms with Crippen molar-refractivity contribution < 1.29 is 9.59 Å². The van der Waals surface area contributed by atoms with Gasteiger partial charge in [-0.25, -0.2) is 4.79 Å². The number of hydrogen-bond acceptors (Lipinski definition) is 3. The highest BCUT2D eigenvalue weighted by molar-refractivity contribution is 6.30. The van der Waals surface area contributed by atoms with Gasteiger partial charge in [0.1, 0.15) is 0 Å². The Morgan fingerprint density at radius 1 is 1.30 bits per heavy atom. The number of amides is 3. The van der Waals surface area contributed by atoms with E-state index in [0.29, 0.717) is 11.6 Å². The molecule has 0 saturated heterocycles. The van der Waals surface area contributed by atoms with E-state index in [-0.39, 0.29) is 11.9 Å². The summed E-state index contributed by atoms with van der Waals surface area (Å²) < 4.78 is 0. The van der Waals surface area contributed by atoms with Gasteiger partial charge in [-0.3, -0.25) is 15.4 Å². The Bertz CT molecular complexity index is 479. The van der Waals surface area contributed by atoms with Crippen molar-refractivity contribution in [3.63, 3.8) is 0 Å². The second-order valence-electron chi connectivity index (χ2n) is 4.51. The number of benzene rings is 1. The molecule has 0 aliphatic heterocycles. The predicted octanol–water partition coefficient (Wildman–Crippen LogP) is 2.22. The standard InChI is InChI=1S/C14H20ClN3O2/c1-4-16-14(20)18-13(19)10(3)17-9(2)11-6-5-7-12(15)8-11/h5-10,17H,4H2,1-3H3,(H2,16,18,19,20). The minimum atomic E-state index is -0.494. The number of urea groups is 1. The maximum atomic E-state index is 11.8. The molecule has 0 heterocycles. The van der Waals surface area contributed by atoms with E-state index in [9.17, 15) is 9.59 Å². The van der Waals surface area contributed by atoms with E-state index in [4.69, 9.17) is 11.6 Å². The van der Waals surface area contributed by atoms with Gasteiger partial charge >= 0.3 is 6.03 Å². The van der Waals surface area contributed by atoms with Gasteiger partial charge in [0.15, 0.2) is 0 Å². The molecular weight excluding hydrogens is 278 g/mol. The predicted molar refractivity (Wildman–Crippen MR) is 79.7 cm³/mol. The fraction of sp³-hybridized carbons (Fsp3) is 0.429. The molecule has 5 nitrogen and oxygen atoms in total. The number of rotatable bonds is 5. The van der Waals surface area contributed by atoms with Gasteiger partial charge in [0.25, 0.3) is 0 Å². The number of nitrogens with one attached hydrogen (secondary N) is 3. The van der Waals surface area contributed by atoms with E-state index in [1.165, 1.54) is 0 Å². The molecule has 0 saturated carbocycles. The summed E-state index contributed by atoms with van der Waals surface area (Å²) in [5.41, 5.74) is 0.982. The van der Waals surface area contributed by atoms with Crippen LogP contribution in [0.1, 0.15) is 32.4 Å². The van der Waals surface area contributed by atoms with Gasteiger partial charge in [-0.1, -0.05) is 23.7 Å². The molecule has 2 unspecified atom stereocenters. The van der Waals surface area contributed by atoms with Crippen molar-refractivity contribution in [2.24, 2.45) is 0 Å². The average molecular weight is 298 g/mol. The van der Waals surface area contributed by atoms with Crippen molar-refractivity contribution in [3.8, 4) is 0 Å². The quantitative estimate of drug-likeness (QED) is 0.780. The Kier molecular flexibility index (Phi) is 6.48. The van der Waals surface area contributed by atoms with Crippen LogP contribution in [0.3, 0.4) is 0 Å². The van der Waals surface area contributed by atoms with E-state index >= 15 is 0 Å². The molecule has 3 amide bonds. The van der Waals surface area contributed by atoms with Crippen molar-refractivity contribution in [3.05, 3.63) is 34.9 Å². The maximum absolute atomic E-state index is 11.8. The number of carbonyl (C=O) groups excluding carboxylic acids is 2. The highest BCUT2D eigenvalue weighted by Gasteiger charge is 2.18. The number of imide groups is 1. The molecule has 0 aromatic heterocycles. The topological polar surface area (TPSA) is 70.2 Å². The fourth-order valence-electron chi connectivity index (χ4n) is 1.75. The zero-order valence-electron chi connectivity index (χ0n) is 11.9. The van der Waals surface area contributed by atoms with Crippen molar-refractivity contribution >= 4 is 23.5 Å². The minimum Gasteiger partial charge on any atom is -0.338 e. The molecule has 1 rings (SSSR count). The zero-order valence-corrected chi connectivity index (χ0v) is 12.6. The SMILES string of the molecule is CCNC(=O)NC(=O)C(C)NC(C)c1cccc(Cl)c1. The maximum Gasteiger partial charge on any atom is 0.321 e. The lowest BCUT2D eigenvalue weighted by Gasteiger charge is -2.19. The highest BCUT2D eigenvalue weighted by atomic mass is 35.5. The van der Waals surface area contributed by atoms with Gasteiger partial charge < -0.3 is 5.32 Å². The summed E-state index contributed by atoms with van der Waals surface area (Å²) in [6, 6.07) is 6.39. The lowest BCUT2D eigenvalue weighted by molar-refractivity contribution is -0.121. The van der Waals surface area contributed by atoms with Gasteiger partial charge in [-0.05, 0) is 38.5 Å². The van der Waals surface area contributed by atoms with Gasteiger partial charge in [0.05, 0.1) is 6.04 Å². The van der Waals surface area contributed by atoms with Crippen molar-refractivity contribution in [1.29, 1.82) is 0 Å². The first-order valence-corrected chi connectivity index (χ1v) is 6.92. The molecule has 0 fully saturated rings. The van der Waals surface area contributed by atoms with Gasteiger partial charge in [-0.2, -0.15) is 0 Å². The van der Waals surface area contributed by atoms with E-state index in [2.05, 4.69) is 16.0 Å². The molecule has 0 aliphatic carbocycles. The summed E-state index contributed by atoms with van der Waals surface area (Å²) in [6.07, 6.45) is 0. The van der Waals surface area contributed by atoms with Gasteiger partial charge in [-0.15, -0.1) is 0 Å². The Balaban J connectivity index is 2.54. The van der Waals surface area contributed by atoms with Crippen LogP contribution in [0, 0.1) is 0 Å². The molecule has 110 valence electrons. The summed E-state index contributed by atoms with van der Waals surface area (Å²) in [7, 11) is 0. The first-order chi connectivity index (χ1) is 9.43. The summed E-state index contributed by atoms with van der Waals surface area (Å²) in [5.74, 6) is -0.371. The Morgan fingerprint density at radius 3 is 2.60 bits per heavy atom. The summed E-state index contributed by atoms with van der Waals surface area (Å²) in [4.78, 5) is 23.1. The Hall–Kier alpha value is -1.59. The molecule has 1 aromatic carbocycles. The van der Waals surface area contributed by atoms with Crippen LogP contribution in [0.2, 0.25) is 5.02 Å². The zero-order chi connectivity index (χ0) is 15.1. The summed E-state index contributed by atoms with van der Waals surface area (Å²) >= 11 is 5.93. The monoisotopic (exact) mass is 297 g/mol. The first-order valence-electron chi connectivity index (χ1n) is 6.54. The van der Waals surface area contributed by atoms with Crippen molar-refractivity contribution in [2.45, 2.75) is 32.9 Å². The van der Waals surface area contributed by atoms with E-state index < -0.39 is 12.1 Å². The summed E-state index contributed by atoms with van der Waals surface area (Å²) in [6.45, 7) is 5.89. The number of hydrogen-bond donors (Lipinski definition) is 3. The molecule has 2 atom stereocenters. The molecule has 6 heteroatoms. The molecular formula is C14H20ClN3O2. The molecule has 0 aliphatic rings. The number of halogens is 1. The van der Waals surface area contributed by atoms with Crippen LogP contribution in [-0.2, 0) is 4.79 Å². The van der Waals surface area contributed by atoms with Crippen LogP contribution >= 0.6 is 11.6 Å². The van der Waals surface area contributed by atoms with Crippen LogP contribution < -0.4 is 16.0 Å². The molecule has 0 spiro atoms. The lowest BCUT2D eigenvalue weighted by Crippen LogP contribution is -2.48. The van der Waals surface area contributed by atoms with Gasteiger partial charge in [0, 0.05) is 17.6 Å². The Labute approximate surface area is 124 Å². The second kappa shape index (κ2) is 7.87. The van der Waals surface area contributed by atoms with E-state index in [1.807, 2.05) is 25.1 Å². The Morgan fingerprint density at radius 2 is 2.00 bits per heavy atom. The van der Waals surface area contributed by atoms with Crippen molar-refractivity contribution in [1.82, 2.24) is 16.0 Å². The van der Waals surface area contributed by atoms with Crippen LogP contribution in [0.4, 0.5) is 4.79 Å². The van der Waals surface area contributed by atoms with Crippen molar-refractivity contribution in [2.75, 3.05) is 6.54 Å². The minimum absolute atomic E-state index is 0.0521. The molecule has 0 radical (unpaired) electrons. The van der Waals surface area contributed by atoms with Crippen LogP contribution in [0.15, 0.2) is 24.3 Å². The largest absolute Gasteiger partial charge is 0.338 e. The smallest absolute Gasteiger partial charge is 0.321 e. The summed E-state index contributed by atoms with van der Waals surface area (Å²) in [5, 5.41) is 8.55. The molecule has 3 N–H and O–H groups in total. The molecule has 0 bridgehead atoms. The van der Waals surface area contributed by atoms with E-state index in [0.717, 1.165) is 5.56 Å². The van der Waals surface area contributed by atoms with Gasteiger partial charge in [0.2, 0.25) is 5.91 Å². The number of carbonyl (C=O) groups is 2. The van der Waals surface area contributed by atoms with Crippen LogP contribution in [0.25, 0.3) is 0 Å². The van der Waals surface area contributed by atoms with Crippen LogP contribution in [-0.4, -0.2) is 24.5 Å². The highest BCUT2D eigenvalue weighted by Crippen LogP contribution is 2.17. The average Bonchev–Trinajstić information content (AvgIpc) is 2.38. The third kappa shape index (κ3) is 5.19. The molecule has 1 aromatic rings. The van der Waals surface area contributed by atoms with E-state index in [1.54, 1.807) is 19.9 Å². The first kappa shape index (κ1) is 16.5. The third-order valence-electron chi connectivity index (χ3n) is 2.82. The third-order valence-corrected chi connectivity index (χ3v) is 3.05. The fourth-order valence-corrected chi connectivity index (χ4v) is 1.95.